The minimum Gasteiger partial charge on any atom is -0.393 e. The van der Waals surface area contributed by atoms with Gasteiger partial charge in [-0.15, -0.1) is 0 Å². The topological polar surface area (TPSA) is 102 Å². The third-order valence-corrected chi connectivity index (χ3v) is 5.46. The van der Waals surface area contributed by atoms with Crippen LogP contribution in [0.2, 0.25) is 0 Å². The van der Waals surface area contributed by atoms with Crippen molar-refractivity contribution in [3.8, 4) is 0 Å². The Balaban J connectivity index is 1.87. The number of anilines is 1. The summed E-state index contributed by atoms with van der Waals surface area (Å²) in [6.45, 7) is 4.79. The number of carbonyl (C=O) groups is 1. The number of aromatic nitrogens is 2. The van der Waals surface area contributed by atoms with Gasteiger partial charge in [-0.3, -0.25) is 4.79 Å². The molecule has 3 atom stereocenters. The predicted molar refractivity (Wildman–Crippen MR) is 94.0 cm³/mol. The molecule has 0 radical (unpaired) electrons. The molecule has 25 heavy (non-hydrogen) atoms. The van der Waals surface area contributed by atoms with Crippen molar-refractivity contribution in [3.05, 3.63) is 17.5 Å². The number of carbonyl (C=O) groups excluding carboxylic acids is 1. The monoisotopic (exact) mass is 348 g/mol. The maximum atomic E-state index is 13.1. The first-order valence-electron chi connectivity index (χ1n) is 9.02. The molecule has 7 heteroatoms. The van der Waals surface area contributed by atoms with Gasteiger partial charge in [-0.2, -0.15) is 0 Å². The molecule has 2 fully saturated rings. The van der Waals surface area contributed by atoms with Crippen LogP contribution in [0, 0.1) is 5.92 Å². The van der Waals surface area contributed by atoms with E-state index >= 15 is 0 Å². The Morgan fingerprint density at radius 3 is 2.92 bits per heavy atom. The van der Waals surface area contributed by atoms with Crippen LogP contribution in [0.15, 0.2) is 6.07 Å². The molecule has 2 heterocycles. The fourth-order valence-electron chi connectivity index (χ4n) is 4.22. The van der Waals surface area contributed by atoms with Crippen LogP contribution in [0.25, 0.3) is 0 Å². The standard InChI is InChI=1S/C18H28N4O3/c1-11(2)8-12-9-14(21-17(19)20-12)16(24)22-7-6-18(25-3)5-4-13(23)10-15(18)22/h9,11,13,15,23H,4-8,10H2,1-3H3,(H2,19,20,21)/t13-,15-,18+/m0/s1. The highest BCUT2D eigenvalue weighted by Crippen LogP contribution is 2.42. The Hall–Kier alpha value is -1.73. The summed E-state index contributed by atoms with van der Waals surface area (Å²) in [6.07, 6.45) is 3.16. The molecule has 0 spiro atoms. The zero-order valence-corrected chi connectivity index (χ0v) is 15.2. The highest BCUT2D eigenvalue weighted by Gasteiger charge is 2.52. The number of methoxy groups -OCH3 is 1. The lowest BCUT2D eigenvalue weighted by Gasteiger charge is -2.42. The summed E-state index contributed by atoms with van der Waals surface area (Å²) >= 11 is 0. The number of aliphatic hydroxyl groups excluding tert-OH is 1. The summed E-state index contributed by atoms with van der Waals surface area (Å²) < 4.78 is 5.80. The van der Waals surface area contributed by atoms with E-state index in [9.17, 15) is 9.90 Å². The first-order chi connectivity index (χ1) is 11.8. The minimum atomic E-state index is -0.395. The quantitative estimate of drug-likeness (QED) is 0.853. The average Bonchev–Trinajstić information content (AvgIpc) is 2.92. The van der Waals surface area contributed by atoms with Gasteiger partial charge in [0, 0.05) is 19.3 Å². The van der Waals surface area contributed by atoms with E-state index in [4.69, 9.17) is 10.5 Å². The van der Waals surface area contributed by atoms with Crippen molar-refractivity contribution in [2.24, 2.45) is 5.92 Å². The average molecular weight is 348 g/mol. The van der Waals surface area contributed by atoms with E-state index in [0.29, 0.717) is 31.0 Å². The lowest BCUT2D eigenvalue weighted by atomic mass is 9.79. The second kappa shape index (κ2) is 6.88. The van der Waals surface area contributed by atoms with Crippen molar-refractivity contribution in [1.82, 2.24) is 14.9 Å². The van der Waals surface area contributed by atoms with Crippen LogP contribution in [0.4, 0.5) is 5.95 Å². The first kappa shape index (κ1) is 18.1. The molecule has 138 valence electrons. The van der Waals surface area contributed by atoms with Crippen molar-refractivity contribution in [2.45, 2.75) is 63.7 Å². The zero-order chi connectivity index (χ0) is 18.2. The van der Waals surface area contributed by atoms with E-state index in [1.165, 1.54) is 0 Å². The summed E-state index contributed by atoms with van der Waals surface area (Å²) in [4.78, 5) is 23.3. The normalized spacial score (nSPS) is 29.1. The molecule has 1 amide bonds. The fourth-order valence-corrected chi connectivity index (χ4v) is 4.22. The molecule has 0 unspecified atom stereocenters. The van der Waals surface area contributed by atoms with Crippen LogP contribution < -0.4 is 5.73 Å². The highest BCUT2D eigenvalue weighted by molar-refractivity contribution is 5.93. The molecule has 1 aliphatic heterocycles. The molecule has 3 N–H and O–H groups in total. The Morgan fingerprint density at radius 1 is 1.48 bits per heavy atom. The summed E-state index contributed by atoms with van der Waals surface area (Å²) in [5.41, 5.74) is 6.58. The third-order valence-electron chi connectivity index (χ3n) is 5.46. The van der Waals surface area contributed by atoms with E-state index in [2.05, 4.69) is 23.8 Å². The second-order valence-electron chi connectivity index (χ2n) is 7.66. The molecule has 3 rings (SSSR count). The molecule has 1 aromatic heterocycles. The van der Waals surface area contributed by atoms with E-state index in [0.717, 1.165) is 25.0 Å². The number of fused-ring (bicyclic) bond motifs is 1. The largest absolute Gasteiger partial charge is 0.393 e. The summed E-state index contributed by atoms with van der Waals surface area (Å²) in [7, 11) is 1.70. The number of aliphatic hydroxyl groups is 1. The van der Waals surface area contributed by atoms with Crippen LogP contribution in [0.5, 0.6) is 0 Å². The number of likely N-dealkylation sites (tertiary alicyclic amines) is 1. The fraction of sp³-hybridized carbons (Fsp3) is 0.722. The van der Waals surface area contributed by atoms with Crippen molar-refractivity contribution in [2.75, 3.05) is 19.4 Å². The SMILES string of the molecule is CO[C@@]12CC[C@H](O)C[C@@H]1N(C(=O)c1cc(CC(C)C)nc(N)n1)CC2. The van der Waals surface area contributed by atoms with E-state index in [1.54, 1.807) is 18.1 Å². The van der Waals surface area contributed by atoms with Crippen LogP contribution in [0.1, 0.15) is 55.7 Å². The van der Waals surface area contributed by atoms with Gasteiger partial charge in [0.15, 0.2) is 0 Å². The molecular formula is C18H28N4O3. The Labute approximate surface area is 148 Å². The molecule has 0 bridgehead atoms. The number of nitrogen functional groups attached to an aromatic ring is 1. The molecule has 1 saturated heterocycles. The van der Waals surface area contributed by atoms with Crippen LogP contribution in [-0.4, -0.2) is 57.3 Å². The van der Waals surface area contributed by atoms with E-state index in [-0.39, 0.29) is 23.5 Å². The molecule has 0 aromatic carbocycles. The molecule has 7 nitrogen and oxygen atoms in total. The van der Waals surface area contributed by atoms with Crippen molar-refractivity contribution < 1.29 is 14.6 Å². The molecule has 1 aliphatic carbocycles. The second-order valence-corrected chi connectivity index (χ2v) is 7.66. The summed E-state index contributed by atoms with van der Waals surface area (Å²) in [5.74, 6) is 0.387. The summed E-state index contributed by atoms with van der Waals surface area (Å²) in [5, 5.41) is 10.1. The van der Waals surface area contributed by atoms with Crippen molar-refractivity contribution in [1.29, 1.82) is 0 Å². The van der Waals surface area contributed by atoms with Gasteiger partial charge in [-0.05, 0) is 44.1 Å². The number of nitrogens with two attached hydrogens (primary N) is 1. The van der Waals surface area contributed by atoms with Gasteiger partial charge in [0.1, 0.15) is 5.69 Å². The predicted octanol–water partition coefficient (Wildman–Crippen LogP) is 1.40. The maximum Gasteiger partial charge on any atom is 0.273 e. The number of hydrogen-bond donors (Lipinski definition) is 2. The number of ether oxygens (including phenoxy) is 1. The van der Waals surface area contributed by atoms with Gasteiger partial charge in [-0.25, -0.2) is 9.97 Å². The van der Waals surface area contributed by atoms with Crippen LogP contribution in [0.3, 0.4) is 0 Å². The number of nitrogens with zero attached hydrogens (tertiary/aromatic N) is 3. The first-order valence-corrected chi connectivity index (χ1v) is 9.02. The number of hydrogen-bond acceptors (Lipinski definition) is 6. The van der Waals surface area contributed by atoms with E-state index < -0.39 is 6.10 Å². The van der Waals surface area contributed by atoms with Gasteiger partial charge in [0.2, 0.25) is 5.95 Å². The van der Waals surface area contributed by atoms with E-state index in [1.807, 2.05) is 0 Å². The lowest BCUT2D eigenvalue weighted by Crippen LogP contribution is -2.52. The molecule has 1 aromatic rings. The van der Waals surface area contributed by atoms with Gasteiger partial charge in [-0.1, -0.05) is 13.8 Å². The number of amides is 1. The van der Waals surface area contributed by atoms with Gasteiger partial charge < -0.3 is 20.5 Å². The maximum absolute atomic E-state index is 13.1. The third kappa shape index (κ3) is 3.48. The van der Waals surface area contributed by atoms with Crippen molar-refractivity contribution in [3.63, 3.8) is 0 Å². The minimum absolute atomic E-state index is 0.126. The zero-order valence-electron chi connectivity index (χ0n) is 15.2. The Kier molecular flexibility index (Phi) is 4.97. The van der Waals surface area contributed by atoms with Gasteiger partial charge >= 0.3 is 0 Å². The molecule has 2 aliphatic rings. The summed E-state index contributed by atoms with van der Waals surface area (Å²) in [6, 6.07) is 1.61. The molecular weight excluding hydrogens is 320 g/mol. The molecule has 1 saturated carbocycles. The van der Waals surface area contributed by atoms with Crippen molar-refractivity contribution >= 4 is 11.9 Å². The van der Waals surface area contributed by atoms with Crippen LogP contribution in [-0.2, 0) is 11.2 Å². The Morgan fingerprint density at radius 2 is 2.24 bits per heavy atom. The Bertz CT molecular complexity index is 651. The highest BCUT2D eigenvalue weighted by atomic mass is 16.5. The van der Waals surface area contributed by atoms with Gasteiger partial charge in [0.25, 0.3) is 5.91 Å². The number of rotatable bonds is 4. The lowest BCUT2D eigenvalue weighted by molar-refractivity contribution is -0.0824. The van der Waals surface area contributed by atoms with Crippen LogP contribution >= 0.6 is 0 Å². The smallest absolute Gasteiger partial charge is 0.273 e. The van der Waals surface area contributed by atoms with Gasteiger partial charge in [0.05, 0.1) is 17.7 Å².